The highest BCUT2D eigenvalue weighted by Gasteiger charge is 2.82. The second-order valence-corrected chi connectivity index (χ2v) is 7.37. The monoisotopic (exact) mass is 222 g/mol. The molecule has 0 unspecified atom stereocenters. The number of esters is 1. The van der Waals surface area contributed by atoms with Crippen LogP contribution in [0.15, 0.2) is 0 Å². The summed E-state index contributed by atoms with van der Waals surface area (Å²) < 4.78 is 5.62. The van der Waals surface area contributed by atoms with Gasteiger partial charge in [0, 0.05) is 29.3 Å². The number of thioether (sulfide) groups is 1. The lowest BCUT2D eigenvalue weighted by molar-refractivity contribution is -0.152. The molecule has 5 rings (SSSR count). The van der Waals surface area contributed by atoms with Crippen molar-refractivity contribution < 1.29 is 9.53 Å². The van der Waals surface area contributed by atoms with Gasteiger partial charge in [-0.25, -0.2) is 0 Å². The van der Waals surface area contributed by atoms with E-state index in [0.29, 0.717) is 6.10 Å². The second kappa shape index (κ2) is 2.11. The maximum absolute atomic E-state index is 11.2. The van der Waals surface area contributed by atoms with Crippen LogP contribution in [0.2, 0.25) is 0 Å². The van der Waals surface area contributed by atoms with Crippen molar-refractivity contribution >= 4 is 17.7 Å². The van der Waals surface area contributed by atoms with Crippen molar-refractivity contribution in [1.29, 1.82) is 0 Å². The molecule has 0 aromatic carbocycles. The summed E-state index contributed by atoms with van der Waals surface area (Å²) in [6.45, 7) is 1.57. The maximum Gasteiger partial charge on any atom is 0.302 e. The van der Waals surface area contributed by atoms with E-state index in [0.717, 1.165) is 46.0 Å². The Hall–Kier alpha value is -0.180. The lowest BCUT2D eigenvalue weighted by atomic mass is 9.63. The average molecular weight is 222 g/mol. The summed E-state index contributed by atoms with van der Waals surface area (Å²) in [7, 11) is 0. The third kappa shape index (κ3) is 0.620. The molecule has 4 saturated carbocycles. The number of hydrogen-bond donors (Lipinski definition) is 0. The van der Waals surface area contributed by atoms with Crippen molar-refractivity contribution in [2.24, 2.45) is 35.5 Å². The van der Waals surface area contributed by atoms with Crippen LogP contribution in [0.3, 0.4) is 0 Å². The summed E-state index contributed by atoms with van der Waals surface area (Å²) >= 11 is 2.25. The van der Waals surface area contributed by atoms with E-state index in [1.165, 1.54) is 6.42 Å². The molecule has 1 aliphatic heterocycles. The predicted octanol–water partition coefficient (Wildman–Crippen LogP) is 1.54. The third-order valence-corrected chi connectivity index (χ3v) is 7.77. The predicted molar refractivity (Wildman–Crippen MR) is 56.3 cm³/mol. The Labute approximate surface area is 93.1 Å². The van der Waals surface area contributed by atoms with Gasteiger partial charge in [-0.05, 0) is 30.1 Å². The molecule has 0 aromatic heterocycles. The summed E-state index contributed by atoms with van der Waals surface area (Å²) in [4.78, 5) is 11.2. The number of hydrogen-bond acceptors (Lipinski definition) is 3. The van der Waals surface area contributed by atoms with Gasteiger partial charge in [-0.15, -0.1) is 0 Å². The average Bonchev–Trinajstić information content (AvgIpc) is 2.62. The Morgan fingerprint density at radius 1 is 1.13 bits per heavy atom. The fourth-order valence-corrected chi connectivity index (χ4v) is 8.30. The van der Waals surface area contributed by atoms with Crippen molar-refractivity contribution in [1.82, 2.24) is 0 Å². The molecule has 15 heavy (non-hydrogen) atoms. The van der Waals surface area contributed by atoms with Gasteiger partial charge >= 0.3 is 5.97 Å². The lowest BCUT2D eigenvalue weighted by Gasteiger charge is -2.46. The summed E-state index contributed by atoms with van der Waals surface area (Å²) in [6.07, 6.45) is 1.78. The largest absolute Gasteiger partial charge is 0.462 e. The zero-order chi connectivity index (χ0) is 9.89. The Bertz CT molecular complexity index is 376. The normalized spacial score (nSPS) is 70.1. The van der Waals surface area contributed by atoms with Crippen LogP contribution in [0.5, 0.6) is 0 Å². The van der Waals surface area contributed by atoms with E-state index in [-0.39, 0.29) is 5.97 Å². The highest BCUT2D eigenvalue weighted by Crippen LogP contribution is 2.82. The van der Waals surface area contributed by atoms with E-state index in [1.807, 2.05) is 0 Å². The molecule has 5 fully saturated rings. The molecule has 0 radical (unpaired) electrons. The van der Waals surface area contributed by atoms with E-state index in [2.05, 4.69) is 11.8 Å². The van der Waals surface area contributed by atoms with E-state index >= 15 is 0 Å². The quantitative estimate of drug-likeness (QED) is 0.630. The molecular weight excluding hydrogens is 208 g/mol. The lowest BCUT2D eigenvalue weighted by Crippen LogP contribution is -2.49. The van der Waals surface area contributed by atoms with Gasteiger partial charge in [0.25, 0.3) is 0 Å². The van der Waals surface area contributed by atoms with Crippen molar-refractivity contribution in [2.45, 2.75) is 29.9 Å². The topological polar surface area (TPSA) is 26.3 Å². The van der Waals surface area contributed by atoms with Crippen LogP contribution in [0, 0.1) is 35.5 Å². The number of carbonyl (C=O) groups is 1. The molecule has 1 saturated heterocycles. The molecule has 1 heterocycles. The van der Waals surface area contributed by atoms with Gasteiger partial charge in [0.05, 0.1) is 0 Å². The number of ether oxygens (including phenoxy) is 1. The van der Waals surface area contributed by atoms with Gasteiger partial charge < -0.3 is 4.74 Å². The molecule has 9 atom stereocenters. The van der Waals surface area contributed by atoms with E-state index in [9.17, 15) is 4.79 Å². The van der Waals surface area contributed by atoms with E-state index < -0.39 is 0 Å². The Balaban J connectivity index is 1.61. The standard InChI is InChI=1S/C12H14O2S/c1-3(13)14-10-8-4-2-5-7-6(4)9(10)12(7)15-11(5)8/h4-12H,2H2,1H3/t4-,5+,6-,7+,8-,9+,10-,11+,12-/m1/s1. The molecular formula is C12H14O2S. The van der Waals surface area contributed by atoms with Crippen molar-refractivity contribution in [3.8, 4) is 0 Å². The molecule has 3 heteroatoms. The van der Waals surface area contributed by atoms with Crippen molar-refractivity contribution in [3.63, 3.8) is 0 Å². The fourth-order valence-electron chi connectivity index (χ4n) is 5.83. The SMILES string of the molecule is CC(=O)O[C@@H]1[C@H]2[C@@H]3C[C@@H]4[C@@H]2S[C@@H]2[C@@H]4[C@@H]3[C@@H]12. The highest BCUT2D eigenvalue weighted by atomic mass is 32.2. The maximum atomic E-state index is 11.2. The van der Waals surface area contributed by atoms with Crippen LogP contribution >= 0.6 is 11.8 Å². The summed E-state index contributed by atoms with van der Waals surface area (Å²) in [5, 5.41) is 1.74. The minimum atomic E-state index is -0.0578. The molecule has 2 nitrogen and oxygen atoms in total. The van der Waals surface area contributed by atoms with Crippen LogP contribution in [-0.2, 0) is 9.53 Å². The van der Waals surface area contributed by atoms with Crippen LogP contribution in [0.25, 0.3) is 0 Å². The van der Waals surface area contributed by atoms with Crippen LogP contribution < -0.4 is 0 Å². The molecule has 0 aromatic rings. The van der Waals surface area contributed by atoms with E-state index in [4.69, 9.17) is 4.74 Å². The van der Waals surface area contributed by atoms with Gasteiger partial charge in [-0.2, -0.15) is 11.8 Å². The van der Waals surface area contributed by atoms with Gasteiger partial charge in [-0.3, -0.25) is 4.79 Å². The minimum absolute atomic E-state index is 0.0578. The molecule has 2 bridgehead atoms. The summed E-state index contributed by atoms with van der Waals surface area (Å²) in [5.74, 6) is 5.38. The highest BCUT2D eigenvalue weighted by molar-refractivity contribution is 8.01. The molecule has 0 N–H and O–H groups in total. The molecule has 0 amide bonds. The number of fused-ring (bicyclic) bond motifs is 2. The van der Waals surface area contributed by atoms with Crippen LogP contribution in [0.4, 0.5) is 0 Å². The zero-order valence-corrected chi connectivity index (χ0v) is 9.44. The number of rotatable bonds is 1. The Kier molecular flexibility index (Phi) is 1.12. The van der Waals surface area contributed by atoms with Crippen molar-refractivity contribution in [3.05, 3.63) is 0 Å². The Morgan fingerprint density at radius 3 is 2.80 bits per heavy atom. The molecule has 4 aliphatic carbocycles. The number of carbonyl (C=O) groups excluding carboxylic acids is 1. The smallest absolute Gasteiger partial charge is 0.302 e. The fraction of sp³-hybridized carbons (Fsp3) is 0.917. The summed E-state index contributed by atoms with van der Waals surface area (Å²) in [5.41, 5.74) is 0. The first-order chi connectivity index (χ1) is 7.27. The zero-order valence-electron chi connectivity index (χ0n) is 8.63. The Morgan fingerprint density at radius 2 is 2.00 bits per heavy atom. The van der Waals surface area contributed by atoms with Crippen LogP contribution in [0.1, 0.15) is 13.3 Å². The molecule has 0 spiro atoms. The third-order valence-electron chi connectivity index (χ3n) is 5.85. The van der Waals surface area contributed by atoms with Gasteiger partial charge in [-0.1, -0.05) is 0 Å². The first kappa shape index (κ1) is 7.99. The van der Waals surface area contributed by atoms with Crippen LogP contribution in [-0.4, -0.2) is 22.6 Å². The molecule has 80 valence electrons. The first-order valence-corrected chi connectivity index (χ1v) is 7.04. The van der Waals surface area contributed by atoms with Gasteiger partial charge in [0.15, 0.2) is 0 Å². The summed E-state index contributed by atoms with van der Waals surface area (Å²) in [6, 6.07) is 0. The van der Waals surface area contributed by atoms with Crippen molar-refractivity contribution in [2.75, 3.05) is 0 Å². The van der Waals surface area contributed by atoms with E-state index in [1.54, 1.807) is 6.92 Å². The first-order valence-electron chi connectivity index (χ1n) is 6.10. The van der Waals surface area contributed by atoms with Gasteiger partial charge in [0.1, 0.15) is 6.10 Å². The minimum Gasteiger partial charge on any atom is -0.462 e. The molecule has 5 aliphatic rings. The van der Waals surface area contributed by atoms with Gasteiger partial charge in [0.2, 0.25) is 0 Å². The second-order valence-electron chi connectivity index (χ2n) is 6.01.